The van der Waals surface area contributed by atoms with Gasteiger partial charge in [-0.15, -0.1) is 0 Å². The monoisotopic (exact) mass is 389 g/mol. The Labute approximate surface area is 160 Å². The Morgan fingerprint density at radius 2 is 2.07 bits per heavy atom. The topological polar surface area (TPSA) is 81.7 Å². The first-order valence-corrected chi connectivity index (χ1v) is 9.07. The fourth-order valence-corrected chi connectivity index (χ4v) is 3.28. The minimum Gasteiger partial charge on any atom is -0.484 e. The van der Waals surface area contributed by atoms with Gasteiger partial charge in [0.1, 0.15) is 11.9 Å². The summed E-state index contributed by atoms with van der Waals surface area (Å²) in [5.41, 5.74) is 3.01. The van der Waals surface area contributed by atoms with Gasteiger partial charge in [0.2, 0.25) is 0 Å². The molecule has 0 bridgehead atoms. The average molecular weight is 390 g/mol. The Hall–Kier alpha value is -2.73. The van der Waals surface area contributed by atoms with Crippen LogP contribution in [-0.2, 0) is 17.8 Å². The highest BCUT2D eigenvalue weighted by Crippen LogP contribution is 2.34. The lowest BCUT2D eigenvalue weighted by Crippen LogP contribution is -2.16. The van der Waals surface area contributed by atoms with Crippen molar-refractivity contribution in [3.63, 3.8) is 0 Å². The number of rotatable bonds is 7. The van der Waals surface area contributed by atoms with Gasteiger partial charge in [-0.2, -0.15) is 0 Å². The van der Waals surface area contributed by atoms with E-state index in [1.807, 2.05) is 25.1 Å². The van der Waals surface area contributed by atoms with Crippen LogP contribution < -0.4 is 10.5 Å². The standard InChI is InChI=1S/C20H20ClNO5/c1-3-13-6-4-5-7-14(13)12(2)26-17-11-18-16(10-15(17)21)22(20(25)27-18)9-8-19(23)24/h4-7,10-12H,3,8-9H2,1-2H3,(H,23,24). The molecule has 0 aliphatic rings. The number of aryl methyl sites for hydroxylation is 2. The minimum atomic E-state index is -0.995. The van der Waals surface area contributed by atoms with E-state index in [2.05, 4.69) is 13.0 Å². The summed E-state index contributed by atoms with van der Waals surface area (Å²) in [4.78, 5) is 22.8. The lowest BCUT2D eigenvalue weighted by atomic mass is 10.0. The van der Waals surface area contributed by atoms with Crippen LogP contribution in [0.2, 0.25) is 5.02 Å². The summed E-state index contributed by atoms with van der Waals surface area (Å²) >= 11 is 6.35. The Kier molecular flexibility index (Phi) is 5.56. The minimum absolute atomic E-state index is 0.0119. The highest BCUT2D eigenvalue weighted by molar-refractivity contribution is 6.32. The fourth-order valence-electron chi connectivity index (χ4n) is 3.08. The molecule has 7 heteroatoms. The molecule has 0 radical (unpaired) electrons. The first-order valence-electron chi connectivity index (χ1n) is 8.69. The summed E-state index contributed by atoms with van der Waals surface area (Å²) in [7, 11) is 0. The molecule has 1 unspecified atom stereocenters. The molecule has 0 aliphatic heterocycles. The van der Waals surface area contributed by atoms with E-state index in [4.69, 9.17) is 25.9 Å². The molecule has 1 heterocycles. The number of oxazole rings is 1. The Bertz CT molecular complexity index is 1040. The van der Waals surface area contributed by atoms with E-state index in [0.717, 1.165) is 12.0 Å². The number of hydrogen-bond acceptors (Lipinski definition) is 4. The van der Waals surface area contributed by atoms with Crippen molar-refractivity contribution in [3.8, 4) is 5.75 Å². The van der Waals surface area contributed by atoms with Crippen LogP contribution in [0.1, 0.15) is 37.5 Å². The Morgan fingerprint density at radius 3 is 2.78 bits per heavy atom. The molecule has 27 heavy (non-hydrogen) atoms. The smallest absolute Gasteiger partial charge is 0.419 e. The number of ether oxygens (including phenoxy) is 1. The molecular weight excluding hydrogens is 370 g/mol. The second kappa shape index (κ2) is 7.88. The molecule has 0 amide bonds. The van der Waals surface area contributed by atoms with Gasteiger partial charge in [0.25, 0.3) is 0 Å². The van der Waals surface area contributed by atoms with E-state index in [1.165, 1.54) is 10.1 Å². The predicted molar refractivity (Wildman–Crippen MR) is 103 cm³/mol. The lowest BCUT2D eigenvalue weighted by Gasteiger charge is -2.18. The molecule has 0 spiro atoms. The largest absolute Gasteiger partial charge is 0.484 e. The van der Waals surface area contributed by atoms with Gasteiger partial charge in [-0.3, -0.25) is 9.36 Å². The van der Waals surface area contributed by atoms with Crippen LogP contribution in [-0.4, -0.2) is 15.6 Å². The van der Waals surface area contributed by atoms with Crippen molar-refractivity contribution in [3.05, 3.63) is 63.1 Å². The average Bonchev–Trinajstić information content (AvgIpc) is 2.94. The van der Waals surface area contributed by atoms with Crippen molar-refractivity contribution < 1.29 is 19.1 Å². The van der Waals surface area contributed by atoms with Crippen molar-refractivity contribution in [1.82, 2.24) is 4.57 Å². The van der Waals surface area contributed by atoms with Crippen LogP contribution in [0.5, 0.6) is 5.75 Å². The summed E-state index contributed by atoms with van der Waals surface area (Å²) in [5.74, 6) is -1.21. The number of halogens is 1. The number of carboxylic acids is 1. The summed E-state index contributed by atoms with van der Waals surface area (Å²) < 4.78 is 12.5. The van der Waals surface area contributed by atoms with Crippen molar-refractivity contribution in [2.45, 2.75) is 39.3 Å². The quantitative estimate of drug-likeness (QED) is 0.646. The number of benzene rings is 2. The third kappa shape index (κ3) is 4.01. The summed E-state index contributed by atoms with van der Waals surface area (Å²) in [6.45, 7) is 4.03. The second-order valence-corrected chi connectivity index (χ2v) is 6.63. The van der Waals surface area contributed by atoms with Gasteiger partial charge in [-0.25, -0.2) is 4.79 Å². The fraction of sp³-hybridized carbons (Fsp3) is 0.300. The normalized spacial score (nSPS) is 12.3. The zero-order chi connectivity index (χ0) is 19.6. The summed E-state index contributed by atoms with van der Waals surface area (Å²) in [6.07, 6.45) is 0.463. The molecule has 1 N–H and O–H groups in total. The zero-order valence-corrected chi connectivity index (χ0v) is 15.8. The number of nitrogens with zero attached hydrogens (tertiary/aromatic N) is 1. The summed E-state index contributed by atoms with van der Waals surface area (Å²) in [6, 6.07) is 11.2. The lowest BCUT2D eigenvalue weighted by molar-refractivity contribution is -0.137. The van der Waals surface area contributed by atoms with E-state index in [9.17, 15) is 9.59 Å². The van der Waals surface area contributed by atoms with E-state index in [-0.39, 0.29) is 19.1 Å². The first kappa shape index (κ1) is 19.0. The van der Waals surface area contributed by atoms with Gasteiger partial charge in [-0.1, -0.05) is 42.8 Å². The van der Waals surface area contributed by atoms with Gasteiger partial charge in [0, 0.05) is 12.6 Å². The zero-order valence-electron chi connectivity index (χ0n) is 15.1. The van der Waals surface area contributed by atoms with Crippen molar-refractivity contribution in [2.75, 3.05) is 0 Å². The number of aromatic nitrogens is 1. The van der Waals surface area contributed by atoms with Gasteiger partial charge in [-0.05, 0) is 30.5 Å². The number of carbonyl (C=O) groups is 1. The number of carboxylic acid groups (broad SMARTS) is 1. The maximum atomic E-state index is 12.0. The molecule has 2 aromatic carbocycles. The van der Waals surface area contributed by atoms with Crippen LogP contribution in [0.25, 0.3) is 11.1 Å². The molecule has 1 atom stereocenters. The van der Waals surface area contributed by atoms with Crippen LogP contribution >= 0.6 is 11.6 Å². The molecule has 0 saturated carbocycles. The van der Waals surface area contributed by atoms with Crippen LogP contribution in [0, 0.1) is 0 Å². The SMILES string of the molecule is CCc1ccccc1C(C)Oc1cc2oc(=O)n(CCC(=O)O)c2cc1Cl. The van der Waals surface area contributed by atoms with Crippen LogP contribution in [0.15, 0.2) is 45.6 Å². The first-order chi connectivity index (χ1) is 12.9. The Balaban J connectivity index is 1.93. The predicted octanol–water partition coefficient (Wildman–Crippen LogP) is 4.43. The van der Waals surface area contributed by atoms with Crippen molar-refractivity contribution in [1.29, 1.82) is 0 Å². The van der Waals surface area contributed by atoms with E-state index >= 15 is 0 Å². The second-order valence-electron chi connectivity index (χ2n) is 6.23. The molecule has 3 aromatic rings. The molecule has 0 aliphatic carbocycles. The number of aliphatic carboxylic acids is 1. The van der Waals surface area contributed by atoms with E-state index in [0.29, 0.717) is 21.9 Å². The van der Waals surface area contributed by atoms with E-state index in [1.54, 1.807) is 12.1 Å². The molecule has 6 nitrogen and oxygen atoms in total. The van der Waals surface area contributed by atoms with Gasteiger partial charge >= 0.3 is 11.7 Å². The highest BCUT2D eigenvalue weighted by Gasteiger charge is 2.17. The number of hydrogen-bond donors (Lipinski definition) is 1. The molecule has 3 rings (SSSR count). The maximum absolute atomic E-state index is 12.0. The number of fused-ring (bicyclic) bond motifs is 1. The van der Waals surface area contributed by atoms with Gasteiger partial charge in [0.05, 0.1) is 17.0 Å². The molecule has 0 fully saturated rings. The molecular formula is C20H20ClNO5. The van der Waals surface area contributed by atoms with Gasteiger partial charge in [0.15, 0.2) is 5.58 Å². The molecule has 142 valence electrons. The van der Waals surface area contributed by atoms with Crippen molar-refractivity contribution >= 4 is 28.7 Å². The molecule has 1 aromatic heterocycles. The highest BCUT2D eigenvalue weighted by atomic mass is 35.5. The Morgan fingerprint density at radius 1 is 1.33 bits per heavy atom. The third-order valence-electron chi connectivity index (χ3n) is 4.45. The van der Waals surface area contributed by atoms with Crippen molar-refractivity contribution in [2.24, 2.45) is 0 Å². The molecule has 0 saturated heterocycles. The van der Waals surface area contributed by atoms with Crippen LogP contribution in [0.4, 0.5) is 0 Å². The summed E-state index contributed by atoms with van der Waals surface area (Å²) in [5, 5.41) is 9.16. The van der Waals surface area contributed by atoms with Crippen LogP contribution in [0.3, 0.4) is 0 Å². The maximum Gasteiger partial charge on any atom is 0.419 e. The van der Waals surface area contributed by atoms with E-state index < -0.39 is 11.7 Å². The third-order valence-corrected chi connectivity index (χ3v) is 4.74. The van der Waals surface area contributed by atoms with Gasteiger partial charge < -0.3 is 14.3 Å².